The van der Waals surface area contributed by atoms with Crippen LogP contribution in [0.15, 0.2) is 0 Å². The van der Waals surface area contributed by atoms with Crippen molar-refractivity contribution < 1.29 is 14.3 Å². The smallest absolute Gasteiger partial charge is 0.136 e. The average molecular weight is 210 g/mol. The van der Waals surface area contributed by atoms with Gasteiger partial charge in [-0.1, -0.05) is 0 Å². The molecule has 15 heavy (non-hydrogen) atoms. The third kappa shape index (κ3) is 1.95. The molecular formula is C12H18O3. The molecule has 2 heterocycles. The van der Waals surface area contributed by atoms with Gasteiger partial charge in [0.2, 0.25) is 0 Å². The van der Waals surface area contributed by atoms with Crippen LogP contribution in [0.3, 0.4) is 0 Å². The Hall–Kier alpha value is -0.410. The molecule has 0 spiro atoms. The second-order valence-corrected chi connectivity index (χ2v) is 5.03. The Bertz CT molecular complexity index is 264. The number of ether oxygens (including phenoxy) is 2. The van der Waals surface area contributed by atoms with Crippen LogP contribution in [-0.4, -0.2) is 31.2 Å². The Morgan fingerprint density at radius 1 is 1.13 bits per heavy atom. The van der Waals surface area contributed by atoms with Gasteiger partial charge in [-0.05, 0) is 31.6 Å². The number of carbonyl (C=O) groups excluding carboxylic acids is 1. The molecule has 0 bridgehead atoms. The molecule has 0 radical (unpaired) electrons. The lowest BCUT2D eigenvalue weighted by molar-refractivity contribution is -0.123. The van der Waals surface area contributed by atoms with Crippen LogP contribution < -0.4 is 0 Å². The van der Waals surface area contributed by atoms with E-state index in [1.807, 2.05) is 0 Å². The molecule has 3 fully saturated rings. The third-order valence-corrected chi connectivity index (χ3v) is 3.92. The van der Waals surface area contributed by atoms with Crippen molar-refractivity contribution >= 4 is 5.78 Å². The summed E-state index contributed by atoms with van der Waals surface area (Å²) >= 11 is 0. The van der Waals surface area contributed by atoms with Crippen molar-refractivity contribution in [1.29, 1.82) is 0 Å². The minimum atomic E-state index is 0.181. The van der Waals surface area contributed by atoms with Gasteiger partial charge in [0, 0.05) is 18.9 Å². The largest absolute Gasteiger partial charge is 0.376 e. The summed E-state index contributed by atoms with van der Waals surface area (Å²) < 4.78 is 11.6. The highest BCUT2D eigenvalue weighted by Crippen LogP contribution is 2.42. The van der Waals surface area contributed by atoms with Gasteiger partial charge in [-0.2, -0.15) is 0 Å². The molecule has 0 amide bonds. The number of ketones is 1. The van der Waals surface area contributed by atoms with Crippen LogP contribution in [0.4, 0.5) is 0 Å². The van der Waals surface area contributed by atoms with E-state index in [-0.39, 0.29) is 12.2 Å². The molecule has 84 valence electrons. The van der Waals surface area contributed by atoms with Gasteiger partial charge in [-0.25, -0.2) is 0 Å². The molecule has 3 rings (SSSR count). The molecule has 0 unspecified atom stereocenters. The zero-order chi connectivity index (χ0) is 10.3. The molecule has 1 saturated carbocycles. The van der Waals surface area contributed by atoms with Crippen molar-refractivity contribution in [2.24, 2.45) is 11.8 Å². The molecule has 3 aliphatic rings. The number of carbonyl (C=O) groups is 1. The highest BCUT2D eigenvalue weighted by Gasteiger charge is 2.44. The average Bonchev–Trinajstić information content (AvgIpc) is 3.02. The molecule has 0 aromatic carbocycles. The maximum Gasteiger partial charge on any atom is 0.136 e. The first-order valence-corrected chi connectivity index (χ1v) is 6.10. The Morgan fingerprint density at radius 3 is 2.93 bits per heavy atom. The minimum absolute atomic E-state index is 0.181. The van der Waals surface area contributed by atoms with Crippen LogP contribution in [-0.2, 0) is 14.3 Å². The van der Waals surface area contributed by atoms with Crippen molar-refractivity contribution in [3.05, 3.63) is 0 Å². The fraction of sp³-hybridized carbons (Fsp3) is 0.917. The quantitative estimate of drug-likeness (QED) is 0.608. The normalized spacial score (nSPS) is 45.7. The van der Waals surface area contributed by atoms with E-state index < -0.39 is 0 Å². The number of Topliss-reactive ketones (excluding diaryl/α,β-unsaturated/α-hetero) is 1. The van der Waals surface area contributed by atoms with Gasteiger partial charge in [-0.15, -0.1) is 0 Å². The van der Waals surface area contributed by atoms with Crippen molar-refractivity contribution in [3.63, 3.8) is 0 Å². The second kappa shape index (κ2) is 3.87. The van der Waals surface area contributed by atoms with Gasteiger partial charge in [0.25, 0.3) is 0 Å². The summed E-state index contributed by atoms with van der Waals surface area (Å²) in [4.78, 5) is 11.7. The molecule has 4 atom stereocenters. The van der Waals surface area contributed by atoms with E-state index in [1.165, 1.54) is 0 Å². The number of hydrogen-bond acceptors (Lipinski definition) is 3. The summed E-state index contributed by atoms with van der Waals surface area (Å²) in [6.45, 7) is 1.62. The summed E-state index contributed by atoms with van der Waals surface area (Å²) in [5, 5.41) is 0. The van der Waals surface area contributed by atoms with Crippen molar-refractivity contribution in [2.75, 3.05) is 13.2 Å². The summed E-state index contributed by atoms with van der Waals surface area (Å²) in [7, 11) is 0. The Kier molecular flexibility index (Phi) is 2.53. The molecule has 2 saturated heterocycles. The van der Waals surface area contributed by atoms with E-state index >= 15 is 0 Å². The summed E-state index contributed by atoms with van der Waals surface area (Å²) in [6.07, 6.45) is 5.28. The zero-order valence-corrected chi connectivity index (χ0v) is 8.98. The van der Waals surface area contributed by atoms with Gasteiger partial charge in [0.15, 0.2) is 0 Å². The first-order chi connectivity index (χ1) is 7.34. The number of fused-ring (bicyclic) bond motifs is 2. The SMILES string of the molecule is O=C1CC[C@@H]2OCCC[C@H]2OC[C@@H]2C[C@H]12. The molecule has 0 N–H and O–H groups in total. The lowest BCUT2D eigenvalue weighted by Gasteiger charge is -2.31. The summed E-state index contributed by atoms with van der Waals surface area (Å²) in [5.74, 6) is 1.29. The Balaban J connectivity index is 1.68. The summed E-state index contributed by atoms with van der Waals surface area (Å²) in [6, 6.07) is 0. The van der Waals surface area contributed by atoms with E-state index in [9.17, 15) is 4.79 Å². The fourth-order valence-electron chi connectivity index (χ4n) is 2.82. The highest BCUT2D eigenvalue weighted by molar-refractivity contribution is 5.83. The predicted molar refractivity (Wildman–Crippen MR) is 54.6 cm³/mol. The first-order valence-electron chi connectivity index (χ1n) is 6.10. The second-order valence-electron chi connectivity index (χ2n) is 5.03. The van der Waals surface area contributed by atoms with Gasteiger partial charge in [0.05, 0.1) is 18.8 Å². The Morgan fingerprint density at radius 2 is 2.00 bits per heavy atom. The number of hydrogen-bond donors (Lipinski definition) is 0. The minimum Gasteiger partial charge on any atom is -0.376 e. The topological polar surface area (TPSA) is 35.5 Å². The zero-order valence-electron chi connectivity index (χ0n) is 8.98. The van der Waals surface area contributed by atoms with E-state index in [0.29, 0.717) is 24.0 Å². The van der Waals surface area contributed by atoms with Crippen LogP contribution in [0, 0.1) is 11.8 Å². The maximum absolute atomic E-state index is 11.7. The predicted octanol–water partition coefficient (Wildman–Crippen LogP) is 1.55. The van der Waals surface area contributed by atoms with Crippen LogP contribution in [0.5, 0.6) is 0 Å². The van der Waals surface area contributed by atoms with Crippen LogP contribution in [0.25, 0.3) is 0 Å². The van der Waals surface area contributed by atoms with Gasteiger partial charge in [0.1, 0.15) is 5.78 Å². The van der Waals surface area contributed by atoms with Crippen molar-refractivity contribution in [1.82, 2.24) is 0 Å². The maximum atomic E-state index is 11.7. The monoisotopic (exact) mass is 210 g/mol. The van der Waals surface area contributed by atoms with Gasteiger partial charge in [-0.3, -0.25) is 4.79 Å². The lowest BCUT2D eigenvalue weighted by atomic mass is 9.99. The molecule has 3 nitrogen and oxygen atoms in total. The van der Waals surface area contributed by atoms with Crippen LogP contribution in [0.2, 0.25) is 0 Å². The van der Waals surface area contributed by atoms with Crippen LogP contribution >= 0.6 is 0 Å². The molecule has 0 aromatic rings. The molecule has 1 aliphatic carbocycles. The first kappa shape index (κ1) is 9.79. The van der Waals surface area contributed by atoms with Gasteiger partial charge >= 0.3 is 0 Å². The van der Waals surface area contributed by atoms with E-state index in [1.54, 1.807) is 0 Å². The summed E-state index contributed by atoms with van der Waals surface area (Å²) in [5.41, 5.74) is 0. The molecular weight excluding hydrogens is 192 g/mol. The molecule has 0 aromatic heterocycles. The Labute approximate surface area is 90.1 Å². The standard InChI is InChI=1S/C12H18O3/c13-10-3-4-12-11(2-1-5-14-12)15-7-8-6-9(8)10/h8-9,11-12H,1-7H2/t8-,9-,11+,12-/m0/s1. The lowest BCUT2D eigenvalue weighted by Crippen LogP contribution is -2.36. The van der Waals surface area contributed by atoms with E-state index in [0.717, 1.165) is 38.9 Å². The third-order valence-electron chi connectivity index (χ3n) is 3.92. The van der Waals surface area contributed by atoms with Crippen molar-refractivity contribution in [2.45, 2.75) is 44.3 Å². The van der Waals surface area contributed by atoms with E-state index in [2.05, 4.69) is 0 Å². The van der Waals surface area contributed by atoms with Crippen molar-refractivity contribution in [3.8, 4) is 0 Å². The van der Waals surface area contributed by atoms with E-state index in [4.69, 9.17) is 9.47 Å². The molecule has 2 aliphatic heterocycles. The van der Waals surface area contributed by atoms with Gasteiger partial charge < -0.3 is 9.47 Å². The number of rotatable bonds is 0. The molecule has 3 heteroatoms. The van der Waals surface area contributed by atoms with Crippen LogP contribution in [0.1, 0.15) is 32.1 Å². The fourth-order valence-corrected chi connectivity index (χ4v) is 2.82. The highest BCUT2D eigenvalue weighted by atomic mass is 16.5.